The van der Waals surface area contributed by atoms with Crippen LogP contribution in [0, 0.1) is 5.82 Å². The summed E-state index contributed by atoms with van der Waals surface area (Å²) in [5.74, 6) is -0.859. The predicted octanol–water partition coefficient (Wildman–Crippen LogP) is 0.839. The molecule has 0 unspecified atom stereocenters. The summed E-state index contributed by atoms with van der Waals surface area (Å²) in [7, 11) is 0. The molecule has 2 rings (SSSR count). The van der Waals surface area contributed by atoms with Crippen molar-refractivity contribution in [3.8, 4) is 0 Å². The second-order valence-corrected chi connectivity index (χ2v) is 3.60. The lowest BCUT2D eigenvalue weighted by Crippen LogP contribution is -2.29. The molecule has 0 aliphatic heterocycles. The van der Waals surface area contributed by atoms with Gasteiger partial charge in [-0.25, -0.2) is 9.37 Å². The van der Waals surface area contributed by atoms with E-state index in [1.807, 2.05) is 0 Å². The Morgan fingerprint density at radius 1 is 1.33 bits per heavy atom. The van der Waals surface area contributed by atoms with Crippen molar-refractivity contribution in [3.05, 3.63) is 64.1 Å². The van der Waals surface area contributed by atoms with Crippen LogP contribution in [0.2, 0.25) is 0 Å². The third kappa shape index (κ3) is 2.79. The topological polar surface area (TPSA) is 74.8 Å². The highest BCUT2D eigenvalue weighted by Gasteiger charge is 2.09. The molecule has 0 aliphatic rings. The Morgan fingerprint density at radius 2 is 2.06 bits per heavy atom. The molecule has 92 valence electrons. The molecule has 0 bridgehead atoms. The molecule has 0 aliphatic carbocycles. The Hall–Kier alpha value is -2.50. The molecule has 1 amide bonds. The first-order chi connectivity index (χ1) is 8.66. The van der Waals surface area contributed by atoms with Crippen LogP contribution in [0.15, 0.2) is 41.6 Å². The monoisotopic (exact) mass is 247 g/mol. The summed E-state index contributed by atoms with van der Waals surface area (Å²) in [6.07, 6.45) is 2.40. The Balaban J connectivity index is 2.03. The highest BCUT2D eigenvalue weighted by molar-refractivity contribution is 5.93. The molecule has 5 nitrogen and oxygen atoms in total. The summed E-state index contributed by atoms with van der Waals surface area (Å²) in [4.78, 5) is 28.9. The molecule has 1 heterocycles. The van der Waals surface area contributed by atoms with Crippen LogP contribution in [0.4, 0.5) is 4.39 Å². The van der Waals surface area contributed by atoms with E-state index in [1.165, 1.54) is 24.7 Å². The molecule has 6 heteroatoms. The molecule has 0 saturated carbocycles. The summed E-state index contributed by atoms with van der Waals surface area (Å²) in [5.41, 5.74) is 0.186. The zero-order chi connectivity index (χ0) is 13.0. The number of carbonyl (C=O) groups is 1. The van der Waals surface area contributed by atoms with Gasteiger partial charge in [-0.2, -0.15) is 0 Å². The number of hydrogen-bond acceptors (Lipinski definition) is 3. The highest BCUT2D eigenvalue weighted by Crippen LogP contribution is 2.02. The highest BCUT2D eigenvalue weighted by atomic mass is 19.1. The molecule has 1 aromatic carbocycles. The smallest absolute Gasteiger partial charge is 0.263 e. The van der Waals surface area contributed by atoms with Gasteiger partial charge in [0, 0.05) is 12.7 Å². The van der Waals surface area contributed by atoms with Crippen LogP contribution in [-0.2, 0) is 6.54 Å². The van der Waals surface area contributed by atoms with Crippen LogP contribution < -0.4 is 10.9 Å². The van der Waals surface area contributed by atoms with E-state index in [4.69, 9.17) is 0 Å². The van der Waals surface area contributed by atoms with Crippen molar-refractivity contribution in [2.45, 2.75) is 6.54 Å². The van der Waals surface area contributed by atoms with Gasteiger partial charge in [-0.05, 0) is 17.7 Å². The van der Waals surface area contributed by atoms with Gasteiger partial charge in [-0.1, -0.05) is 12.1 Å². The van der Waals surface area contributed by atoms with Crippen LogP contribution in [-0.4, -0.2) is 15.9 Å². The van der Waals surface area contributed by atoms with Crippen LogP contribution >= 0.6 is 0 Å². The van der Waals surface area contributed by atoms with Gasteiger partial charge in [0.1, 0.15) is 11.4 Å². The van der Waals surface area contributed by atoms with E-state index >= 15 is 0 Å². The normalized spacial score (nSPS) is 10.1. The summed E-state index contributed by atoms with van der Waals surface area (Å²) in [5, 5.41) is 2.55. The van der Waals surface area contributed by atoms with Gasteiger partial charge in [-0.3, -0.25) is 9.59 Å². The SMILES string of the molecule is O=C(NCc1ccc(F)cc1)c1cnc[nH]c1=O. The number of halogens is 1. The van der Waals surface area contributed by atoms with E-state index in [0.717, 1.165) is 5.56 Å². The van der Waals surface area contributed by atoms with Gasteiger partial charge < -0.3 is 10.3 Å². The van der Waals surface area contributed by atoms with E-state index < -0.39 is 11.5 Å². The molecule has 1 aromatic heterocycles. The van der Waals surface area contributed by atoms with Gasteiger partial charge in [0.2, 0.25) is 0 Å². The Bertz CT molecular complexity index is 607. The summed E-state index contributed by atoms with van der Waals surface area (Å²) in [6.45, 7) is 0.216. The van der Waals surface area contributed by atoms with Crippen molar-refractivity contribution in [2.24, 2.45) is 0 Å². The fourth-order valence-corrected chi connectivity index (χ4v) is 1.39. The molecule has 2 N–H and O–H groups in total. The predicted molar refractivity (Wildman–Crippen MR) is 62.4 cm³/mol. The van der Waals surface area contributed by atoms with Crippen LogP contribution in [0.25, 0.3) is 0 Å². The summed E-state index contributed by atoms with van der Waals surface area (Å²) in [6, 6.07) is 5.73. The van der Waals surface area contributed by atoms with Crippen molar-refractivity contribution >= 4 is 5.91 Å². The minimum Gasteiger partial charge on any atom is -0.348 e. The Kier molecular flexibility index (Phi) is 3.47. The number of benzene rings is 1. The second-order valence-electron chi connectivity index (χ2n) is 3.60. The lowest BCUT2D eigenvalue weighted by molar-refractivity contribution is 0.0949. The van der Waals surface area contributed by atoms with E-state index in [9.17, 15) is 14.0 Å². The molecular formula is C12H10FN3O2. The Morgan fingerprint density at radius 3 is 2.72 bits per heavy atom. The molecule has 18 heavy (non-hydrogen) atoms. The van der Waals surface area contributed by atoms with Crippen molar-refractivity contribution in [3.63, 3.8) is 0 Å². The second kappa shape index (κ2) is 5.22. The van der Waals surface area contributed by atoms with Gasteiger partial charge in [0.15, 0.2) is 0 Å². The maximum atomic E-state index is 12.7. The number of carbonyl (C=O) groups excluding carboxylic acids is 1. The number of aromatic nitrogens is 2. The minimum atomic E-state index is -0.520. The molecule has 0 saturated heterocycles. The number of nitrogens with one attached hydrogen (secondary N) is 2. The largest absolute Gasteiger partial charge is 0.348 e. The van der Waals surface area contributed by atoms with E-state index in [0.29, 0.717) is 0 Å². The maximum absolute atomic E-state index is 12.7. The quantitative estimate of drug-likeness (QED) is 0.843. The van der Waals surface area contributed by atoms with Crippen LogP contribution in [0.1, 0.15) is 15.9 Å². The van der Waals surface area contributed by atoms with Gasteiger partial charge >= 0.3 is 0 Å². The van der Waals surface area contributed by atoms with Gasteiger partial charge in [0.05, 0.1) is 6.33 Å². The van der Waals surface area contributed by atoms with E-state index in [1.54, 1.807) is 12.1 Å². The van der Waals surface area contributed by atoms with Crippen LogP contribution in [0.5, 0.6) is 0 Å². The zero-order valence-corrected chi connectivity index (χ0v) is 9.31. The average Bonchev–Trinajstić information content (AvgIpc) is 2.38. The van der Waals surface area contributed by atoms with Crippen molar-refractivity contribution in [1.82, 2.24) is 15.3 Å². The summed E-state index contributed by atoms with van der Waals surface area (Å²) < 4.78 is 12.7. The third-order valence-electron chi connectivity index (χ3n) is 2.33. The lowest BCUT2D eigenvalue weighted by Gasteiger charge is -2.04. The van der Waals surface area contributed by atoms with E-state index in [2.05, 4.69) is 15.3 Å². The first-order valence-electron chi connectivity index (χ1n) is 5.22. The van der Waals surface area contributed by atoms with Crippen molar-refractivity contribution in [2.75, 3.05) is 0 Å². The molecule has 0 fully saturated rings. The number of aromatic amines is 1. The Labute approximate surface area is 102 Å². The van der Waals surface area contributed by atoms with Gasteiger partial charge in [-0.15, -0.1) is 0 Å². The first kappa shape index (κ1) is 12.0. The number of nitrogens with zero attached hydrogens (tertiary/aromatic N) is 1. The van der Waals surface area contributed by atoms with Gasteiger partial charge in [0.25, 0.3) is 11.5 Å². The van der Waals surface area contributed by atoms with Crippen molar-refractivity contribution < 1.29 is 9.18 Å². The molecule has 0 spiro atoms. The first-order valence-corrected chi connectivity index (χ1v) is 5.22. The molecule has 0 radical (unpaired) electrons. The fraction of sp³-hybridized carbons (Fsp3) is 0.0833. The number of rotatable bonds is 3. The summed E-state index contributed by atoms with van der Waals surface area (Å²) >= 11 is 0. The maximum Gasteiger partial charge on any atom is 0.263 e. The third-order valence-corrected chi connectivity index (χ3v) is 2.33. The number of hydrogen-bond donors (Lipinski definition) is 2. The van der Waals surface area contributed by atoms with Crippen molar-refractivity contribution in [1.29, 1.82) is 0 Å². The fourth-order valence-electron chi connectivity index (χ4n) is 1.39. The minimum absolute atomic E-state index is 0.0559. The van der Waals surface area contributed by atoms with E-state index in [-0.39, 0.29) is 17.9 Å². The molecule has 2 aromatic rings. The standard InChI is InChI=1S/C12H10FN3O2/c13-9-3-1-8(2-4-9)5-15-11(17)10-6-14-7-16-12(10)18/h1-4,6-7H,5H2,(H,15,17)(H,14,16,18). The number of amides is 1. The van der Waals surface area contributed by atoms with Crippen LogP contribution in [0.3, 0.4) is 0 Å². The zero-order valence-electron chi connectivity index (χ0n) is 9.31. The number of H-pyrrole nitrogens is 1. The molecule has 0 atom stereocenters. The molecular weight excluding hydrogens is 237 g/mol. The lowest BCUT2D eigenvalue weighted by atomic mass is 10.2. The average molecular weight is 247 g/mol.